The summed E-state index contributed by atoms with van der Waals surface area (Å²) in [6.07, 6.45) is 2.35. The van der Waals surface area contributed by atoms with Crippen molar-refractivity contribution < 1.29 is 9.59 Å². The lowest BCUT2D eigenvalue weighted by molar-refractivity contribution is -0.125. The van der Waals surface area contributed by atoms with Crippen LogP contribution in [0.15, 0.2) is 30.5 Å². The zero-order valence-corrected chi connectivity index (χ0v) is 16.9. The highest BCUT2D eigenvalue weighted by molar-refractivity contribution is 7.15. The van der Waals surface area contributed by atoms with Crippen molar-refractivity contribution in [3.05, 3.63) is 45.9 Å². The molecule has 0 saturated heterocycles. The molecular weight excluding hydrogens is 395 g/mol. The first-order valence-electron chi connectivity index (χ1n) is 7.88. The van der Waals surface area contributed by atoms with Crippen LogP contribution in [-0.2, 0) is 16.0 Å². The van der Waals surface area contributed by atoms with Crippen LogP contribution >= 0.6 is 35.3 Å². The molecule has 0 radical (unpaired) electrons. The highest BCUT2D eigenvalue weighted by Gasteiger charge is 2.18. The van der Waals surface area contributed by atoms with Crippen molar-refractivity contribution in [2.45, 2.75) is 26.3 Å². The van der Waals surface area contributed by atoms with Crippen molar-refractivity contribution in [1.29, 1.82) is 0 Å². The van der Waals surface area contributed by atoms with Crippen molar-refractivity contribution in [2.75, 3.05) is 11.9 Å². The Morgan fingerprint density at radius 2 is 2.00 bits per heavy atom. The molecule has 1 aromatic heterocycles. The van der Waals surface area contributed by atoms with Crippen molar-refractivity contribution in [3.63, 3.8) is 0 Å². The number of hydrogen-bond donors (Lipinski definition) is 3. The van der Waals surface area contributed by atoms with Gasteiger partial charge in [0.05, 0.1) is 12.6 Å². The van der Waals surface area contributed by atoms with E-state index in [9.17, 15) is 9.59 Å². The second kappa shape index (κ2) is 10.5. The lowest BCUT2D eigenvalue weighted by Gasteiger charge is -2.14. The van der Waals surface area contributed by atoms with Gasteiger partial charge < -0.3 is 16.4 Å². The van der Waals surface area contributed by atoms with E-state index >= 15 is 0 Å². The summed E-state index contributed by atoms with van der Waals surface area (Å²) in [5.74, 6) is -0.680. The van der Waals surface area contributed by atoms with Gasteiger partial charge in [-0.1, -0.05) is 43.6 Å². The number of nitrogens with two attached hydrogens (primary N) is 1. The standard InChI is InChI=1S/C17H21ClN4O2S.ClH/c1-10(2)15(19)16(24)20-9-14(23)22-17-21-8-12(25-17)7-11-5-3-4-6-13(11)18;/h3-6,8,10,15H,7,9,19H2,1-2H3,(H,20,24)(H,21,22,23);1H/t15-;/m0./s1. The fraction of sp³-hybridized carbons (Fsp3) is 0.353. The Kier molecular flexibility index (Phi) is 9.01. The van der Waals surface area contributed by atoms with Crippen molar-refractivity contribution in [2.24, 2.45) is 11.7 Å². The number of thiazole rings is 1. The highest BCUT2D eigenvalue weighted by atomic mass is 35.5. The van der Waals surface area contributed by atoms with Gasteiger partial charge in [-0.25, -0.2) is 4.98 Å². The molecule has 0 fully saturated rings. The number of halogens is 2. The molecule has 142 valence electrons. The summed E-state index contributed by atoms with van der Waals surface area (Å²) in [6, 6.07) is 6.97. The molecule has 6 nitrogen and oxygen atoms in total. The van der Waals surface area contributed by atoms with Crippen molar-refractivity contribution >= 4 is 52.3 Å². The summed E-state index contributed by atoms with van der Waals surface area (Å²) in [6.45, 7) is 3.56. The lowest BCUT2D eigenvalue weighted by Crippen LogP contribution is -2.46. The Hall–Kier alpha value is -1.67. The SMILES string of the molecule is CC(C)[C@H](N)C(=O)NCC(=O)Nc1ncc(Cc2ccccc2Cl)s1.Cl. The largest absolute Gasteiger partial charge is 0.346 e. The molecule has 9 heteroatoms. The average molecular weight is 417 g/mol. The first kappa shape index (κ1) is 22.4. The van der Waals surface area contributed by atoms with Gasteiger partial charge in [-0.15, -0.1) is 23.7 Å². The number of nitrogens with one attached hydrogen (secondary N) is 2. The topological polar surface area (TPSA) is 97.1 Å². The van der Waals surface area contributed by atoms with Gasteiger partial charge in [0, 0.05) is 22.5 Å². The number of anilines is 1. The second-order valence-electron chi connectivity index (χ2n) is 5.94. The van der Waals surface area contributed by atoms with Gasteiger partial charge in [-0.3, -0.25) is 9.59 Å². The third kappa shape index (κ3) is 6.57. The molecule has 2 aromatic rings. The average Bonchev–Trinajstić information content (AvgIpc) is 3.01. The van der Waals surface area contributed by atoms with Crippen LogP contribution in [0.2, 0.25) is 5.02 Å². The Morgan fingerprint density at radius 1 is 1.31 bits per heavy atom. The lowest BCUT2D eigenvalue weighted by atomic mass is 10.1. The third-order valence-electron chi connectivity index (χ3n) is 3.57. The maximum Gasteiger partial charge on any atom is 0.245 e. The number of aromatic nitrogens is 1. The molecule has 0 aliphatic rings. The molecule has 0 aliphatic carbocycles. The molecule has 26 heavy (non-hydrogen) atoms. The number of nitrogens with zero attached hydrogens (tertiary/aromatic N) is 1. The molecule has 2 rings (SSSR count). The highest BCUT2D eigenvalue weighted by Crippen LogP contribution is 2.24. The Labute approximate surface area is 167 Å². The summed E-state index contributed by atoms with van der Waals surface area (Å²) in [7, 11) is 0. The van der Waals surface area contributed by atoms with Crippen LogP contribution in [0.4, 0.5) is 5.13 Å². The summed E-state index contributed by atoms with van der Waals surface area (Å²) in [4.78, 5) is 28.8. The number of benzene rings is 1. The van der Waals surface area contributed by atoms with E-state index in [0.29, 0.717) is 16.6 Å². The maximum atomic E-state index is 11.9. The molecule has 0 unspecified atom stereocenters. The number of hydrogen-bond acceptors (Lipinski definition) is 5. The van der Waals surface area contributed by atoms with Gasteiger partial charge >= 0.3 is 0 Å². The minimum Gasteiger partial charge on any atom is -0.346 e. The van der Waals surface area contributed by atoms with Crippen LogP contribution in [0.1, 0.15) is 24.3 Å². The van der Waals surface area contributed by atoms with Crippen LogP contribution in [-0.4, -0.2) is 29.4 Å². The Morgan fingerprint density at radius 3 is 2.65 bits per heavy atom. The molecule has 0 aliphatic heterocycles. The molecular formula is C17H22Cl2N4O2S. The molecule has 2 amide bonds. The van der Waals surface area contributed by atoms with Gasteiger partial charge in [0.15, 0.2) is 5.13 Å². The molecule has 1 heterocycles. The number of carbonyl (C=O) groups excluding carboxylic acids is 2. The van der Waals surface area contributed by atoms with Crippen LogP contribution in [0.5, 0.6) is 0 Å². The fourth-order valence-electron chi connectivity index (χ4n) is 2.03. The van der Waals surface area contributed by atoms with Crippen LogP contribution in [0, 0.1) is 5.92 Å². The van der Waals surface area contributed by atoms with Gasteiger partial charge in [-0.05, 0) is 17.5 Å². The van der Waals surface area contributed by atoms with E-state index < -0.39 is 6.04 Å². The molecule has 1 aromatic carbocycles. The normalized spacial score (nSPS) is 11.6. The summed E-state index contributed by atoms with van der Waals surface area (Å²) < 4.78 is 0. The van der Waals surface area contributed by atoms with Gasteiger partial charge in [-0.2, -0.15) is 0 Å². The molecule has 4 N–H and O–H groups in total. The van der Waals surface area contributed by atoms with E-state index in [4.69, 9.17) is 17.3 Å². The Bertz CT molecular complexity index is 752. The van der Waals surface area contributed by atoms with Crippen molar-refractivity contribution in [3.8, 4) is 0 Å². The quantitative estimate of drug-likeness (QED) is 0.646. The maximum absolute atomic E-state index is 11.9. The molecule has 1 atom stereocenters. The number of amides is 2. The predicted octanol–water partition coefficient (Wildman–Crippen LogP) is 2.85. The zero-order valence-electron chi connectivity index (χ0n) is 14.5. The first-order chi connectivity index (χ1) is 11.9. The summed E-state index contributed by atoms with van der Waals surface area (Å²) >= 11 is 7.52. The van der Waals surface area contributed by atoms with E-state index in [1.165, 1.54) is 11.3 Å². The fourth-order valence-corrected chi connectivity index (χ4v) is 3.08. The number of carbonyl (C=O) groups is 2. The minimum absolute atomic E-state index is 0. The third-order valence-corrected chi connectivity index (χ3v) is 4.85. The van der Waals surface area contributed by atoms with Gasteiger partial charge in [0.1, 0.15) is 0 Å². The minimum atomic E-state index is -0.630. The molecule has 0 spiro atoms. The van der Waals surface area contributed by atoms with Gasteiger partial charge in [0.2, 0.25) is 11.8 Å². The van der Waals surface area contributed by atoms with Crippen LogP contribution in [0.25, 0.3) is 0 Å². The van der Waals surface area contributed by atoms with Crippen molar-refractivity contribution in [1.82, 2.24) is 10.3 Å². The van der Waals surface area contributed by atoms with E-state index in [1.807, 2.05) is 38.1 Å². The summed E-state index contributed by atoms with van der Waals surface area (Å²) in [5, 5.41) is 6.37. The van der Waals surface area contributed by atoms with E-state index in [-0.39, 0.29) is 36.7 Å². The van der Waals surface area contributed by atoms with Crippen LogP contribution < -0.4 is 16.4 Å². The number of rotatable bonds is 7. The molecule has 0 saturated carbocycles. The summed E-state index contributed by atoms with van der Waals surface area (Å²) in [5.41, 5.74) is 6.72. The predicted molar refractivity (Wildman–Crippen MR) is 108 cm³/mol. The van der Waals surface area contributed by atoms with E-state index in [2.05, 4.69) is 15.6 Å². The smallest absolute Gasteiger partial charge is 0.245 e. The molecule has 0 bridgehead atoms. The van der Waals surface area contributed by atoms with E-state index in [1.54, 1.807) is 6.20 Å². The Balaban J connectivity index is 0.00000338. The zero-order chi connectivity index (χ0) is 18.4. The van der Waals surface area contributed by atoms with Gasteiger partial charge in [0.25, 0.3) is 0 Å². The van der Waals surface area contributed by atoms with E-state index in [0.717, 1.165) is 10.4 Å². The monoisotopic (exact) mass is 416 g/mol. The van der Waals surface area contributed by atoms with Crippen LogP contribution in [0.3, 0.4) is 0 Å². The first-order valence-corrected chi connectivity index (χ1v) is 9.07. The second-order valence-corrected chi connectivity index (χ2v) is 7.46.